The van der Waals surface area contributed by atoms with Crippen LogP contribution in [0.5, 0.6) is 0 Å². The molecule has 1 amide bonds. The molecule has 112 valence electrons. The van der Waals surface area contributed by atoms with Crippen LogP contribution in [0.3, 0.4) is 0 Å². The second-order valence-electron chi connectivity index (χ2n) is 5.02. The van der Waals surface area contributed by atoms with Crippen LogP contribution < -0.4 is 5.32 Å². The van der Waals surface area contributed by atoms with Gasteiger partial charge in [-0.3, -0.25) is 10.1 Å². The molecule has 0 atom stereocenters. The van der Waals surface area contributed by atoms with Crippen molar-refractivity contribution >= 4 is 23.2 Å². The highest BCUT2D eigenvalue weighted by Crippen LogP contribution is 2.14. The average molecular weight is 302 g/mol. The Bertz CT molecular complexity index is 510. The Morgan fingerprint density at radius 2 is 1.76 bits per heavy atom. The Hall–Kier alpha value is -1.94. The first-order chi connectivity index (χ1) is 9.99. The Kier molecular flexibility index (Phi) is 6.82. The van der Waals surface area contributed by atoms with Crippen molar-refractivity contribution < 1.29 is 4.79 Å². The summed E-state index contributed by atoms with van der Waals surface area (Å²) in [6.45, 7) is 12.7. The third-order valence-electron chi connectivity index (χ3n) is 3.05. The monoisotopic (exact) mass is 302 g/mol. The summed E-state index contributed by atoms with van der Waals surface area (Å²) < 4.78 is 0. The van der Waals surface area contributed by atoms with Crippen molar-refractivity contribution in [1.82, 2.24) is 10.2 Å². The Morgan fingerprint density at radius 3 is 2.19 bits per heavy atom. The second-order valence-corrected chi connectivity index (χ2v) is 5.41. The first-order valence-electron chi connectivity index (χ1n) is 6.91. The number of thiocarbonyl (C=S) groups is 1. The van der Waals surface area contributed by atoms with Crippen LogP contribution in [0.25, 0.3) is 0 Å². The molecular weight excluding hydrogens is 280 g/mol. The number of hydrogen-bond acceptors (Lipinski definition) is 2. The van der Waals surface area contributed by atoms with E-state index in [4.69, 9.17) is 12.2 Å². The van der Waals surface area contributed by atoms with E-state index in [1.165, 1.54) is 5.56 Å². The lowest BCUT2D eigenvalue weighted by Crippen LogP contribution is -2.42. The summed E-state index contributed by atoms with van der Waals surface area (Å²) >= 11 is 5.25. The maximum atomic E-state index is 12.2. The topological polar surface area (TPSA) is 32.3 Å². The third kappa shape index (κ3) is 5.16. The number of nitrogens with zero attached hydrogens (tertiary/aromatic N) is 1. The molecule has 1 aromatic carbocycles. The normalized spacial score (nSPS) is 10.0. The zero-order valence-corrected chi connectivity index (χ0v) is 13.5. The second kappa shape index (κ2) is 8.37. The quantitative estimate of drug-likeness (QED) is 0.645. The predicted molar refractivity (Wildman–Crippen MR) is 92.6 cm³/mol. The van der Waals surface area contributed by atoms with Crippen molar-refractivity contribution in [3.8, 4) is 0 Å². The fourth-order valence-corrected chi connectivity index (χ4v) is 2.06. The molecule has 0 heterocycles. The fourth-order valence-electron chi connectivity index (χ4n) is 1.82. The summed E-state index contributed by atoms with van der Waals surface area (Å²) in [4.78, 5) is 14.0. The van der Waals surface area contributed by atoms with Gasteiger partial charge in [0, 0.05) is 18.7 Å². The molecule has 21 heavy (non-hydrogen) atoms. The standard InChI is InChI=1S/C17H22N2OS/c1-5-11-19(12-6-2)17(21)18-16(20)15-9-7-14(8-10-15)13(3)4/h5-10,13H,1-2,11-12H2,3-4H3,(H,18,20,21). The molecule has 0 bridgehead atoms. The molecule has 3 nitrogen and oxygen atoms in total. The molecular formula is C17H22N2OS. The molecule has 0 unspecified atom stereocenters. The highest BCUT2D eigenvalue weighted by atomic mass is 32.1. The van der Waals surface area contributed by atoms with Crippen LogP contribution in [-0.4, -0.2) is 29.0 Å². The predicted octanol–water partition coefficient (Wildman–Crippen LogP) is 3.50. The number of nitrogens with one attached hydrogen (secondary N) is 1. The van der Waals surface area contributed by atoms with Crippen LogP contribution in [0.1, 0.15) is 35.7 Å². The minimum absolute atomic E-state index is 0.201. The van der Waals surface area contributed by atoms with Gasteiger partial charge in [-0.25, -0.2) is 0 Å². The van der Waals surface area contributed by atoms with Crippen molar-refractivity contribution in [3.05, 3.63) is 60.7 Å². The number of carbonyl (C=O) groups is 1. The Labute approximate surface area is 132 Å². The van der Waals surface area contributed by atoms with E-state index in [1.807, 2.05) is 29.2 Å². The van der Waals surface area contributed by atoms with Crippen molar-refractivity contribution in [2.75, 3.05) is 13.1 Å². The molecule has 1 aromatic rings. The van der Waals surface area contributed by atoms with Gasteiger partial charge < -0.3 is 4.90 Å². The fraction of sp³-hybridized carbons (Fsp3) is 0.294. The summed E-state index contributed by atoms with van der Waals surface area (Å²) in [5.74, 6) is 0.243. The minimum atomic E-state index is -0.201. The van der Waals surface area contributed by atoms with Gasteiger partial charge in [0.2, 0.25) is 0 Å². The van der Waals surface area contributed by atoms with Gasteiger partial charge in [0.25, 0.3) is 5.91 Å². The van der Waals surface area contributed by atoms with Crippen molar-refractivity contribution in [3.63, 3.8) is 0 Å². The van der Waals surface area contributed by atoms with E-state index in [0.29, 0.717) is 29.7 Å². The average Bonchev–Trinajstić information content (AvgIpc) is 2.47. The zero-order chi connectivity index (χ0) is 15.8. The lowest BCUT2D eigenvalue weighted by atomic mass is 10.0. The molecule has 1 rings (SSSR count). The number of amides is 1. The van der Waals surface area contributed by atoms with Crippen LogP contribution in [0.15, 0.2) is 49.6 Å². The number of rotatable bonds is 6. The summed E-state index contributed by atoms with van der Waals surface area (Å²) in [5.41, 5.74) is 1.80. The zero-order valence-electron chi connectivity index (χ0n) is 12.6. The molecule has 0 aromatic heterocycles. The maximum absolute atomic E-state index is 12.2. The molecule has 0 saturated carbocycles. The van der Waals surface area contributed by atoms with Gasteiger partial charge in [-0.15, -0.1) is 13.2 Å². The Balaban J connectivity index is 2.72. The van der Waals surface area contributed by atoms with Crippen LogP contribution >= 0.6 is 12.2 Å². The smallest absolute Gasteiger partial charge is 0.257 e. The van der Waals surface area contributed by atoms with Crippen LogP contribution in [0.4, 0.5) is 0 Å². The minimum Gasteiger partial charge on any atom is -0.342 e. The highest BCUT2D eigenvalue weighted by Gasteiger charge is 2.12. The molecule has 0 aliphatic rings. The third-order valence-corrected chi connectivity index (χ3v) is 3.41. The molecule has 0 aliphatic carbocycles. The summed E-state index contributed by atoms with van der Waals surface area (Å²) in [7, 11) is 0. The highest BCUT2D eigenvalue weighted by molar-refractivity contribution is 7.80. The molecule has 0 fully saturated rings. The van der Waals surface area contributed by atoms with Crippen LogP contribution in [0, 0.1) is 0 Å². The summed E-state index contributed by atoms with van der Waals surface area (Å²) in [6, 6.07) is 7.57. The van der Waals surface area contributed by atoms with Crippen LogP contribution in [-0.2, 0) is 0 Å². The van der Waals surface area contributed by atoms with E-state index in [1.54, 1.807) is 12.2 Å². The van der Waals surface area contributed by atoms with Gasteiger partial charge >= 0.3 is 0 Å². The molecule has 4 heteroatoms. The van der Waals surface area contributed by atoms with Crippen molar-refractivity contribution in [2.24, 2.45) is 0 Å². The van der Waals surface area contributed by atoms with E-state index in [9.17, 15) is 4.79 Å². The molecule has 0 saturated heterocycles. The number of carbonyl (C=O) groups excluding carboxylic acids is 1. The largest absolute Gasteiger partial charge is 0.342 e. The SMILES string of the molecule is C=CCN(CC=C)C(=S)NC(=O)c1ccc(C(C)C)cc1. The van der Waals surface area contributed by atoms with Crippen molar-refractivity contribution in [2.45, 2.75) is 19.8 Å². The van der Waals surface area contributed by atoms with E-state index in [2.05, 4.69) is 32.3 Å². The Morgan fingerprint density at radius 1 is 1.24 bits per heavy atom. The lowest BCUT2D eigenvalue weighted by Gasteiger charge is -2.22. The summed E-state index contributed by atoms with van der Waals surface area (Å²) in [6.07, 6.45) is 3.47. The molecule has 1 N–H and O–H groups in total. The van der Waals surface area contributed by atoms with Gasteiger partial charge in [0.05, 0.1) is 0 Å². The maximum Gasteiger partial charge on any atom is 0.257 e. The number of benzene rings is 1. The summed E-state index contributed by atoms with van der Waals surface area (Å²) in [5, 5.41) is 3.12. The first-order valence-corrected chi connectivity index (χ1v) is 7.32. The van der Waals surface area contributed by atoms with Gasteiger partial charge in [-0.1, -0.05) is 38.1 Å². The van der Waals surface area contributed by atoms with Gasteiger partial charge in [-0.05, 0) is 35.8 Å². The van der Waals surface area contributed by atoms with E-state index in [0.717, 1.165) is 0 Å². The number of hydrogen-bond donors (Lipinski definition) is 1. The molecule has 0 spiro atoms. The van der Waals surface area contributed by atoms with E-state index in [-0.39, 0.29) is 5.91 Å². The first kappa shape index (κ1) is 17.1. The van der Waals surface area contributed by atoms with Gasteiger partial charge in [0.15, 0.2) is 5.11 Å². The molecule has 0 aliphatic heterocycles. The van der Waals surface area contributed by atoms with Crippen LogP contribution in [0.2, 0.25) is 0 Å². The van der Waals surface area contributed by atoms with Gasteiger partial charge in [0.1, 0.15) is 0 Å². The van der Waals surface area contributed by atoms with Gasteiger partial charge in [-0.2, -0.15) is 0 Å². The van der Waals surface area contributed by atoms with E-state index >= 15 is 0 Å². The van der Waals surface area contributed by atoms with E-state index < -0.39 is 0 Å². The van der Waals surface area contributed by atoms with Crippen molar-refractivity contribution in [1.29, 1.82) is 0 Å². The lowest BCUT2D eigenvalue weighted by molar-refractivity contribution is 0.0974. The molecule has 0 radical (unpaired) electrons.